The fourth-order valence-electron chi connectivity index (χ4n) is 3.97. The molecule has 0 aliphatic heterocycles. The average molecular weight is 496 g/mol. The molecule has 0 atom stereocenters. The summed E-state index contributed by atoms with van der Waals surface area (Å²) in [4.78, 5) is 14.5. The van der Waals surface area contributed by atoms with Gasteiger partial charge in [0, 0.05) is 31.5 Å². The van der Waals surface area contributed by atoms with Gasteiger partial charge in [0.1, 0.15) is 12.4 Å². The summed E-state index contributed by atoms with van der Waals surface area (Å²) in [5.41, 5.74) is 4.32. The van der Waals surface area contributed by atoms with Crippen LogP contribution in [0.3, 0.4) is 0 Å². The van der Waals surface area contributed by atoms with E-state index in [-0.39, 0.29) is 5.97 Å². The van der Waals surface area contributed by atoms with Crippen molar-refractivity contribution < 1.29 is 19.0 Å². The molecule has 0 bridgehead atoms. The van der Waals surface area contributed by atoms with Gasteiger partial charge in [-0.25, -0.2) is 4.79 Å². The van der Waals surface area contributed by atoms with E-state index in [0.717, 1.165) is 60.7 Å². The van der Waals surface area contributed by atoms with E-state index in [9.17, 15) is 4.79 Å². The Morgan fingerprint density at radius 3 is 2.17 bits per heavy atom. The molecular formula is C31H45NO4. The SMILES string of the molecule is CCCCOCCOc1ccc(-c2ccc(N(CC(C)C)CC(C)C)c(C=CC(=O)OCC)c2)cc1. The van der Waals surface area contributed by atoms with Crippen LogP contribution < -0.4 is 9.64 Å². The molecule has 0 aliphatic carbocycles. The highest BCUT2D eigenvalue weighted by Gasteiger charge is 2.15. The van der Waals surface area contributed by atoms with Crippen LogP contribution >= 0.6 is 0 Å². The fraction of sp³-hybridized carbons (Fsp3) is 0.516. The summed E-state index contributed by atoms with van der Waals surface area (Å²) in [6.45, 7) is 17.1. The number of unbranched alkanes of at least 4 members (excludes halogenated alkanes) is 1. The highest BCUT2D eigenvalue weighted by molar-refractivity contribution is 5.89. The van der Waals surface area contributed by atoms with Gasteiger partial charge in [0.2, 0.25) is 0 Å². The van der Waals surface area contributed by atoms with Gasteiger partial charge in [-0.3, -0.25) is 0 Å². The van der Waals surface area contributed by atoms with Crippen LogP contribution in [0, 0.1) is 11.8 Å². The molecule has 0 N–H and O–H groups in total. The van der Waals surface area contributed by atoms with E-state index < -0.39 is 0 Å². The summed E-state index contributed by atoms with van der Waals surface area (Å²) in [7, 11) is 0. The predicted octanol–water partition coefficient (Wildman–Crippen LogP) is 7.24. The standard InChI is InChI=1S/C31H45NO4/c1-7-9-18-34-19-20-36-29-14-10-26(11-15-29)27-12-16-30(32(22-24(3)4)23-25(5)6)28(21-27)13-17-31(33)35-8-2/h10-17,21,24-25H,7-9,18-20,22-23H2,1-6H3. The maximum atomic E-state index is 12.1. The highest BCUT2D eigenvalue weighted by Crippen LogP contribution is 2.31. The van der Waals surface area contributed by atoms with Crippen LogP contribution in [0.4, 0.5) is 5.69 Å². The number of carbonyl (C=O) groups excluding carboxylic acids is 1. The van der Waals surface area contributed by atoms with Crippen molar-refractivity contribution in [1.29, 1.82) is 0 Å². The first-order valence-electron chi connectivity index (χ1n) is 13.4. The van der Waals surface area contributed by atoms with Crippen molar-refractivity contribution in [1.82, 2.24) is 0 Å². The van der Waals surface area contributed by atoms with Crippen LogP contribution in [-0.4, -0.2) is 45.5 Å². The molecule has 36 heavy (non-hydrogen) atoms. The van der Waals surface area contributed by atoms with Crippen molar-refractivity contribution in [2.75, 3.05) is 44.4 Å². The number of hydrogen-bond donors (Lipinski definition) is 0. The minimum Gasteiger partial charge on any atom is -0.491 e. The van der Waals surface area contributed by atoms with Gasteiger partial charge in [-0.05, 0) is 72.2 Å². The number of benzene rings is 2. The van der Waals surface area contributed by atoms with Crippen molar-refractivity contribution in [3.05, 3.63) is 54.1 Å². The Labute approximate surface area is 218 Å². The van der Waals surface area contributed by atoms with Crippen molar-refractivity contribution in [2.45, 2.75) is 54.4 Å². The predicted molar refractivity (Wildman–Crippen MR) is 151 cm³/mol. The Morgan fingerprint density at radius 2 is 1.56 bits per heavy atom. The lowest BCUT2D eigenvalue weighted by molar-refractivity contribution is -0.137. The van der Waals surface area contributed by atoms with E-state index in [1.165, 1.54) is 6.08 Å². The zero-order valence-corrected chi connectivity index (χ0v) is 23.1. The van der Waals surface area contributed by atoms with Gasteiger partial charge in [0.25, 0.3) is 0 Å². The van der Waals surface area contributed by atoms with E-state index in [0.29, 0.717) is 31.7 Å². The molecule has 0 saturated heterocycles. The van der Waals surface area contributed by atoms with Gasteiger partial charge in [0.15, 0.2) is 0 Å². The molecule has 0 radical (unpaired) electrons. The molecule has 0 heterocycles. The van der Waals surface area contributed by atoms with Crippen LogP contribution in [0.15, 0.2) is 48.5 Å². The second-order valence-electron chi connectivity index (χ2n) is 9.89. The fourth-order valence-corrected chi connectivity index (χ4v) is 3.97. The van der Waals surface area contributed by atoms with Crippen LogP contribution in [0.5, 0.6) is 5.75 Å². The second kappa shape index (κ2) is 16.1. The maximum Gasteiger partial charge on any atom is 0.330 e. The molecule has 0 fully saturated rings. The molecule has 198 valence electrons. The smallest absolute Gasteiger partial charge is 0.330 e. The number of nitrogens with zero attached hydrogens (tertiary/aromatic N) is 1. The normalized spacial score (nSPS) is 11.4. The summed E-state index contributed by atoms with van der Waals surface area (Å²) in [6, 6.07) is 14.6. The topological polar surface area (TPSA) is 48.0 Å². The first kappa shape index (κ1) is 29.4. The van der Waals surface area contributed by atoms with Crippen LogP contribution in [-0.2, 0) is 14.3 Å². The van der Waals surface area contributed by atoms with Crippen LogP contribution in [0.2, 0.25) is 0 Å². The third kappa shape index (κ3) is 10.4. The van der Waals surface area contributed by atoms with Gasteiger partial charge in [-0.1, -0.05) is 59.2 Å². The number of rotatable bonds is 16. The first-order chi connectivity index (χ1) is 17.3. The maximum absolute atomic E-state index is 12.1. The largest absolute Gasteiger partial charge is 0.491 e. The first-order valence-corrected chi connectivity index (χ1v) is 13.4. The Bertz CT molecular complexity index is 924. The van der Waals surface area contributed by atoms with E-state index in [2.05, 4.69) is 69.9 Å². The molecule has 2 aromatic carbocycles. The lowest BCUT2D eigenvalue weighted by Crippen LogP contribution is -2.31. The van der Waals surface area contributed by atoms with Crippen molar-refractivity contribution in [2.24, 2.45) is 11.8 Å². The molecule has 0 unspecified atom stereocenters. The molecule has 0 amide bonds. The zero-order chi connectivity index (χ0) is 26.3. The highest BCUT2D eigenvalue weighted by atomic mass is 16.5. The quantitative estimate of drug-likeness (QED) is 0.139. The van der Waals surface area contributed by atoms with Gasteiger partial charge >= 0.3 is 5.97 Å². The molecule has 5 nitrogen and oxygen atoms in total. The van der Waals surface area contributed by atoms with E-state index in [1.54, 1.807) is 0 Å². The molecule has 2 rings (SSSR count). The van der Waals surface area contributed by atoms with Crippen molar-refractivity contribution >= 4 is 17.7 Å². The van der Waals surface area contributed by atoms with Gasteiger partial charge in [-0.2, -0.15) is 0 Å². The molecule has 5 heteroatoms. The van der Waals surface area contributed by atoms with Gasteiger partial charge in [0.05, 0.1) is 13.2 Å². The summed E-state index contributed by atoms with van der Waals surface area (Å²) in [6.07, 6.45) is 5.61. The summed E-state index contributed by atoms with van der Waals surface area (Å²) < 4.78 is 16.5. The monoisotopic (exact) mass is 495 g/mol. The average Bonchev–Trinajstić information content (AvgIpc) is 2.84. The summed E-state index contributed by atoms with van der Waals surface area (Å²) >= 11 is 0. The molecule has 0 aliphatic rings. The van der Waals surface area contributed by atoms with E-state index in [1.807, 2.05) is 25.1 Å². The van der Waals surface area contributed by atoms with Crippen molar-refractivity contribution in [3.63, 3.8) is 0 Å². The Balaban J connectivity index is 2.25. The van der Waals surface area contributed by atoms with Gasteiger partial charge < -0.3 is 19.1 Å². The van der Waals surface area contributed by atoms with Gasteiger partial charge in [-0.15, -0.1) is 0 Å². The summed E-state index contributed by atoms with van der Waals surface area (Å²) in [5.74, 6) is 1.55. The molecule has 2 aromatic rings. The minimum absolute atomic E-state index is 0.326. The lowest BCUT2D eigenvalue weighted by atomic mass is 9.99. The number of esters is 1. The molecular weight excluding hydrogens is 450 g/mol. The number of anilines is 1. The van der Waals surface area contributed by atoms with E-state index >= 15 is 0 Å². The molecule has 0 saturated carbocycles. The van der Waals surface area contributed by atoms with Crippen LogP contribution in [0.1, 0.15) is 59.9 Å². The van der Waals surface area contributed by atoms with E-state index in [4.69, 9.17) is 14.2 Å². The Kier molecular flexibility index (Phi) is 13.1. The van der Waals surface area contributed by atoms with Crippen molar-refractivity contribution in [3.8, 4) is 16.9 Å². The Hall–Kier alpha value is -2.79. The molecule has 0 spiro atoms. The second-order valence-corrected chi connectivity index (χ2v) is 9.89. The number of ether oxygens (including phenoxy) is 3. The number of hydrogen-bond acceptors (Lipinski definition) is 5. The zero-order valence-electron chi connectivity index (χ0n) is 23.1. The number of carbonyl (C=O) groups is 1. The third-order valence-corrected chi connectivity index (χ3v) is 5.55. The summed E-state index contributed by atoms with van der Waals surface area (Å²) in [5, 5.41) is 0. The minimum atomic E-state index is -0.326. The van der Waals surface area contributed by atoms with Crippen LogP contribution in [0.25, 0.3) is 17.2 Å². The Morgan fingerprint density at radius 1 is 0.889 bits per heavy atom. The molecule has 0 aromatic heterocycles. The lowest BCUT2D eigenvalue weighted by Gasteiger charge is -2.30. The third-order valence-electron chi connectivity index (χ3n) is 5.55.